The number of imidazole rings is 1. The van der Waals surface area contributed by atoms with Gasteiger partial charge in [0, 0.05) is 24.3 Å². The van der Waals surface area contributed by atoms with Crippen LogP contribution in [0.15, 0.2) is 42.5 Å². The first-order valence-electron chi connectivity index (χ1n) is 8.20. The molecule has 4 rings (SSSR count). The van der Waals surface area contributed by atoms with Gasteiger partial charge in [-0.1, -0.05) is 30.7 Å². The number of halogens is 1. The van der Waals surface area contributed by atoms with E-state index in [0.717, 1.165) is 46.5 Å². The summed E-state index contributed by atoms with van der Waals surface area (Å²) in [6.07, 6.45) is 2.51. The number of para-hydroxylation sites is 2. The number of anilines is 1. The van der Waals surface area contributed by atoms with Gasteiger partial charge in [-0.3, -0.25) is 0 Å². The number of nitrogens with one attached hydrogen (secondary N) is 1. The minimum absolute atomic E-state index is 0.734. The van der Waals surface area contributed by atoms with Gasteiger partial charge in [-0.15, -0.1) is 0 Å². The Labute approximate surface area is 141 Å². The fourth-order valence-corrected chi connectivity index (χ4v) is 3.45. The second kappa shape index (κ2) is 5.89. The van der Waals surface area contributed by atoms with Gasteiger partial charge in [0.25, 0.3) is 0 Å². The molecule has 1 N–H and O–H groups in total. The van der Waals surface area contributed by atoms with Crippen LogP contribution in [0.1, 0.15) is 19.8 Å². The van der Waals surface area contributed by atoms with E-state index in [-0.39, 0.29) is 0 Å². The zero-order chi connectivity index (χ0) is 15.8. The van der Waals surface area contributed by atoms with Crippen LogP contribution in [-0.2, 0) is 0 Å². The van der Waals surface area contributed by atoms with Crippen molar-refractivity contribution in [1.29, 1.82) is 0 Å². The molecule has 0 atom stereocenters. The highest BCUT2D eigenvalue weighted by Crippen LogP contribution is 2.33. The molecule has 118 valence electrons. The molecule has 3 nitrogen and oxygen atoms in total. The molecule has 2 aromatic carbocycles. The zero-order valence-electron chi connectivity index (χ0n) is 13.2. The Morgan fingerprint density at radius 1 is 1.13 bits per heavy atom. The number of H-pyrrole nitrogens is 1. The Morgan fingerprint density at radius 3 is 2.70 bits per heavy atom. The third-order valence-corrected chi connectivity index (χ3v) is 5.07. The maximum Gasteiger partial charge on any atom is 0.140 e. The fourth-order valence-electron chi connectivity index (χ4n) is 3.24. The molecule has 0 unspecified atom stereocenters. The number of fused-ring (bicyclic) bond motifs is 1. The third kappa shape index (κ3) is 2.81. The minimum atomic E-state index is 0.734. The summed E-state index contributed by atoms with van der Waals surface area (Å²) in [6.45, 7) is 4.56. The average Bonchev–Trinajstić information content (AvgIpc) is 3.00. The summed E-state index contributed by atoms with van der Waals surface area (Å²) >= 11 is 6.44. The van der Waals surface area contributed by atoms with Crippen LogP contribution in [0.5, 0.6) is 0 Å². The molecule has 0 aliphatic carbocycles. The van der Waals surface area contributed by atoms with E-state index in [1.54, 1.807) is 0 Å². The summed E-state index contributed by atoms with van der Waals surface area (Å²) < 4.78 is 0. The molecule has 0 spiro atoms. The van der Waals surface area contributed by atoms with Crippen molar-refractivity contribution in [2.75, 3.05) is 18.0 Å². The van der Waals surface area contributed by atoms with Crippen molar-refractivity contribution in [3.8, 4) is 11.4 Å². The number of hydrogen-bond donors (Lipinski definition) is 1. The average molecular weight is 326 g/mol. The van der Waals surface area contributed by atoms with Gasteiger partial charge in [0.1, 0.15) is 5.82 Å². The van der Waals surface area contributed by atoms with Crippen LogP contribution in [0, 0.1) is 5.92 Å². The van der Waals surface area contributed by atoms with Crippen LogP contribution in [0.4, 0.5) is 5.69 Å². The molecule has 1 aliphatic heterocycles. The van der Waals surface area contributed by atoms with Crippen molar-refractivity contribution >= 4 is 28.3 Å². The standard InChI is InChI=1S/C19H20ClN3/c1-13-8-10-23(11-9-13)14-6-7-16(20)15(12-14)19-21-17-4-2-3-5-18(17)22-19/h2-7,12-13H,8-11H2,1H3,(H,21,22). The Bertz CT molecular complexity index is 799. The predicted molar refractivity (Wildman–Crippen MR) is 97.2 cm³/mol. The van der Waals surface area contributed by atoms with Gasteiger partial charge in [0.2, 0.25) is 0 Å². The molecule has 2 heterocycles. The first kappa shape index (κ1) is 14.6. The molecule has 23 heavy (non-hydrogen) atoms. The number of benzene rings is 2. The Morgan fingerprint density at radius 2 is 1.91 bits per heavy atom. The maximum atomic E-state index is 6.44. The molecule has 1 aliphatic rings. The van der Waals surface area contributed by atoms with Crippen LogP contribution in [0.2, 0.25) is 5.02 Å². The summed E-state index contributed by atoms with van der Waals surface area (Å²) in [4.78, 5) is 10.5. The van der Waals surface area contributed by atoms with E-state index in [0.29, 0.717) is 0 Å². The Hall–Kier alpha value is -2.00. The highest BCUT2D eigenvalue weighted by atomic mass is 35.5. The van der Waals surface area contributed by atoms with Gasteiger partial charge in [-0.05, 0) is 49.1 Å². The fraction of sp³-hybridized carbons (Fsp3) is 0.316. The lowest BCUT2D eigenvalue weighted by Crippen LogP contribution is -2.32. The predicted octanol–water partition coefficient (Wildman–Crippen LogP) is 5.12. The monoisotopic (exact) mass is 325 g/mol. The molecular weight excluding hydrogens is 306 g/mol. The van der Waals surface area contributed by atoms with Crippen molar-refractivity contribution in [1.82, 2.24) is 9.97 Å². The topological polar surface area (TPSA) is 31.9 Å². The van der Waals surface area contributed by atoms with Crippen LogP contribution < -0.4 is 4.90 Å². The number of hydrogen-bond acceptors (Lipinski definition) is 2. The van der Waals surface area contributed by atoms with E-state index in [1.165, 1.54) is 18.5 Å². The molecule has 0 saturated carbocycles. The summed E-state index contributed by atoms with van der Waals surface area (Å²) in [6, 6.07) is 14.3. The van der Waals surface area contributed by atoms with E-state index in [2.05, 4.69) is 33.9 Å². The van der Waals surface area contributed by atoms with Gasteiger partial charge in [0.15, 0.2) is 0 Å². The molecule has 3 aromatic rings. The van der Waals surface area contributed by atoms with Crippen molar-refractivity contribution in [2.45, 2.75) is 19.8 Å². The number of piperidine rings is 1. The summed E-state index contributed by atoms with van der Waals surface area (Å²) in [5.74, 6) is 1.66. The lowest BCUT2D eigenvalue weighted by molar-refractivity contribution is 0.438. The van der Waals surface area contributed by atoms with Crippen LogP contribution in [-0.4, -0.2) is 23.1 Å². The van der Waals surface area contributed by atoms with Crippen LogP contribution >= 0.6 is 11.6 Å². The summed E-state index contributed by atoms with van der Waals surface area (Å²) in [5.41, 5.74) is 4.21. The first-order valence-corrected chi connectivity index (χ1v) is 8.58. The van der Waals surface area contributed by atoms with E-state index in [4.69, 9.17) is 11.6 Å². The van der Waals surface area contributed by atoms with Gasteiger partial charge in [-0.25, -0.2) is 4.98 Å². The quantitative estimate of drug-likeness (QED) is 0.709. The van der Waals surface area contributed by atoms with Gasteiger partial charge >= 0.3 is 0 Å². The zero-order valence-corrected chi connectivity index (χ0v) is 14.0. The maximum absolute atomic E-state index is 6.44. The van der Waals surface area contributed by atoms with Crippen molar-refractivity contribution < 1.29 is 0 Å². The normalized spacial score (nSPS) is 16.2. The molecule has 1 fully saturated rings. The Balaban J connectivity index is 1.71. The van der Waals surface area contributed by atoms with E-state index in [9.17, 15) is 0 Å². The molecule has 0 radical (unpaired) electrons. The largest absolute Gasteiger partial charge is 0.371 e. The van der Waals surface area contributed by atoms with Crippen LogP contribution in [0.3, 0.4) is 0 Å². The molecular formula is C19H20ClN3. The number of aromatic nitrogens is 2. The van der Waals surface area contributed by atoms with Crippen molar-refractivity contribution in [3.63, 3.8) is 0 Å². The molecule has 0 bridgehead atoms. The molecule has 1 aromatic heterocycles. The van der Waals surface area contributed by atoms with E-state index in [1.807, 2.05) is 30.3 Å². The number of aromatic amines is 1. The van der Waals surface area contributed by atoms with Gasteiger partial charge in [0.05, 0.1) is 16.1 Å². The molecule has 1 saturated heterocycles. The van der Waals surface area contributed by atoms with Crippen LogP contribution in [0.25, 0.3) is 22.4 Å². The summed E-state index contributed by atoms with van der Waals surface area (Å²) in [7, 11) is 0. The lowest BCUT2D eigenvalue weighted by Gasteiger charge is -2.32. The second-order valence-corrected chi connectivity index (χ2v) is 6.84. The highest BCUT2D eigenvalue weighted by molar-refractivity contribution is 6.33. The number of nitrogens with zero attached hydrogens (tertiary/aromatic N) is 2. The summed E-state index contributed by atoms with van der Waals surface area (Å²) in [5, 5.41) is 0.734. The van der Waals surface area contributed by atoms with E-state index >= 15 is 0 Å². The smallest absolute Gasteiger partial charge is 0.140 e. The molecule has 0 amide bonds. The minimum Gasteiger partial charge on any atom is -0.371 e. The first-order chi connectivity index (χ1) is 11.2. The SMILES string of the molecule is CC1CCN(c2ccc(Cl)c(-c3nc4ccccc4[nH]3)c2)CC1. The molecule has 4 heteroatoms. The Kier molecular flexibility index (Phi) is 3.74. The van der Waals surface area contributed by atoms with Crippen molar-refractivity contribution in [2.24, 2.45) is 5.92 Å². The number of rotatable bonds is 2. The lowest BCUT2D eigenvalue weighted by atomic mass is 9.98. The third-order valence-electron chi connectivity index (χ3n) is 4.74. The van der Waals surface area contributed by atoms with Crippen molar-refractivity contribution in [3.05, 3.63) is 47.5 Å². The highest BCUT2D eigenvalue weighted by Gasteiger charge is 2.18. The second-order valence-electron chi connectivity index (χ2n) is 6.44. The van der Waals surface area contributed by atoms with E-state index < -0.39 is 0 Å². The van der Waals surface area contributed by atoms with Gasteiger partial charge in [-0.2, -0.15) is 0 Å². The van der Waals surface area contributed by atoms with Gasteiger partial charge < -0.3 is 9.88 Å².